The number of allylic oxidation sites excluding steroid dienone is 1. The third-order valence-corrected chi connectivity index (χ3v) is 8.52. The molecule has 2 unspecified atom stereocenters. The summed E-state index contributed by atoms with van der Waals surface area (Å²) in [6, 6.07) is 11.7. The number of hydrogen-bond acceptors (Lipinski definition) is 6. The van der Waals surface area contributed by atoms with Gasteiger partial charge in [0.1, 0.15) is 17.1 Å². The zero-order chi connectivity index (χ0) is 26.4. The van der Waals surface area contributed by atoms with E-state index in [9.17, 15) is 5.11 Å². The van der Waals surface area contributed by atoms with Crippen molar-refractivity contribution in [2.24, 2.45) is 11.8 Å². The summed E-state index contributed by atoms with van der Waals surface area (Å²) in [6.07, 6.45) is 8.37. The molecule has 1 aliphatic carbocycles. The van der Waals surface area contributed by atoms with E-state index in [2.05, 4.69) is 28.8 Å². The third-order valence-electron chi connectivity index (χ3n) is 8.20. The lowest BCUT2D eigenvalue weighted by atomic mass is 9.98. The van der Waals surface area contributed by atoms with Gasteiger partial charge in [-0.25, -0.2) is 9.37 Å². The van der Waals surface area contributed by atoms with Gasteiger partial charge in [0.25, 0.3) is 0 Å². The van der Waals surface area contributed by atoms with Crippen LogP contribution in [0.15, 0.2) is 48.2 Å². The van der Waals surface area contributed by atoms with Crippen molar-refractivity contribution in [3.63, 3.8) is 0 Å². The van der Waals surface area contributed by atoms with E-state index < -0.39 is 5.82 Å². The molecule has 3 aromatic rings. The summed E-state index contributed by atoms with van der Waals surface area (Å²) in [5, 5.41) is 11.3. The molecule has 38 heavy (non-hydrogen) atoms. The maximum atomic E-state index is 16.1. The number of halogens is 2. The Bertz CT molecular complexity index is 1390. The standard InChI is InChI=1S/C30H33ClFN5O/c1-35(2)22-17-37(18-22)30-33-28-25(29(34-30)36-15-20-8-9-21(12-20)16-36)14-26(31)24(27(28)32)11-10-23(38)13-19-6-4-3-5-7-19/h3-7,10-11,13-14,20-22,38H,8-9,12,15-18H2,1-2H3/b11-10+,23-13+. The van der Waals surface area contributed by atoms with E-state index in [4.69, 9.17) is 21.6 Å². The smallest absolute Gasteiger partial charge is 0.228 e. The molecule has 2 aliphatic heterocycles. The molecule has 2 atom stereocenters. The minimum Gasteiger partial charge on any atom is -0.508 e. The lowest BCUT2D eigenvalue weighted by Crippen LogP contribution is -2.58. The maximum absolute atomic E-state index is 16.1. The maximum Gasteiger partial charge on any atom is 0.228 e. The van der Waals surface area contributed by atoms with Crippen LogP contribution in [0.5, 0.6) is 0 Å². The van der Waals surface area contributed by atoms with Crippen molar-refractivity contribution < 1.29 is 9.50 Å². The molecule has 1 N–H and O–H groups in total. The summed E-state index contributed by atoms with van der Waals surface area (Å²) >= 11 is 6.65. The number of benzene rings is 2. The topological polar surface area (TPSA) is 55.7 Å². The molecule has 2 bridgehead atoms. The van der Waals surface area contributed by atoms with Crippen molar-refractivity contribution in [2.75, 3.05) is 50.1 Å². The molecule has 3 aliphatic rings. The second kappa shape index (κ2) is 10.2. The number of fused-ring (bicyclic) bond motifs is 3. The summed E-state index contributed by atoms with van der Waals surface area (Å²) in [4.78, 5) is 16.4. The van der Waals surface area contributed by atoms with Crippen LogP contribution < -0.4 is 9.80 Å². The Morgan fingerprint density at radius 1 is 1.05 bits per heavy atom. The predicted molar refractivity (Wildman–Crippen MR) is 153 cm³/mol. The van der Waals surface area contributed by atoms with E-state index >= 15 is 4.39 Å². The average molecular weight is 534 g/mol. The van der Waals surface area contributed by atoms with Gasteiger partial charge >= 0.3 is 0 Å². The van der Waals surface area contributed by atoms with E-state index in [1.54, 1.807) is 12.1 Å². The number of rotatable bonds is 6. The number of nitrogens with zero attached hydrogens (tertiary/aromatic N) is 5. The highest BCUT2D eigenvalue weighted by Crippen LogP contribution is 2.41. The SMILES string of the molecule is CN(C)C1CN(c2nc(N3CC4CCC(C4)C3)c3cc(Cl)c(/C=C/C(O)=C\c4ccccc4)c(F)c3n2)C1. The van der Waals surface area contributed by atoms with Crippen LogP contribution in [0.4, 0.5) is 16.2 Å². The molecule has 6 nitrogen and oxygen atoms in total. The lowest BCUT2D eigenvalue weighted by Gasteiger charge is -2.43. The molecule has 198 valence electrons. The van der Waals surface area contributed by atoms with E-state index in [1.807, 2.05) is 30.3 Å². The highest BCUT2D eigenvalue weighted by molar-refractivity contribution is 6.33. The molecule has 0 amide bonds. The van der Waals surface area contributed by atoms with Crippen LogP contribution >= 0.6 is 11.6 Å². The Balaban J connectivity index is 1.40. The van der Waals surface area contributed by atoms with Crippen molar-refractivity contribution in [1.29, 1.82) is 0 Å². The van der Waals surface area contributed by atoms with Crippen LogP contribution in [-0.4, -0.2) is 66.3 Å². The molecule has 3 fully saturated rings. The monoisotopic (exact) mass is 533 g/mol. The van der Waals surface area contributed by atoms with Crippen LogP contribution in [0.1, 0.15) is 30.4 Å². The second-order valence-corrected chi connectivity index (χ2v) is 11.5. The Morgan fingerprint density at radius 3 is 2.45 bits per heavy atom. The highest BCUT2D eigenvalue weighted by Gasteiger charge is 2.36. The van der Waals surface area contributed by atoms with Crippen molar-refractivity contribution >= 4 is 46.4 Å². The normalized spacial score (nSPS) is 22.2. The first-order valence-corrected chi connectivity index (χ1v) is 13.7. The van der Waals surface area contributed by atoms with Crippen molar-refractivity contribution in [1.82, 2.24) is 14.9 Å². The molecule has 0 spiro atoms. The number of anilines is 2. The molecule has 3 heterocycles. The fourth-order valence-electron chi connectivity index (χ4n) is 5.98. The second-order valence-electron chi connectivity index (χ2n) is 11.1. The van der Waals surface area contributed by atoms with Crippen LogP contribution in [0.25, 0.3) is 23.1 Å². The van der Waals surface area contributed by atoms with Gasteiger partial charge in [-0.3, -0.25) is 0 Å². The Labute approximate surface area is 228 Å². The van der Waals surface area contributed by atoms with Gasteiger partial charge < -0.3 is 19.8 Å². The minimum absolute atomic E-state index is 0.00919. The van der Waals surface area contributed by atoms with Gasteiger partial charge in [0, 0.05) is 43.2 Å². The van der Waals surface area contributed by atoms with Crippen LogP contribution in [-0.2, 0) is 0 Å². The lowest BCUT2D eigenvalue weighted by molar-refractivity contribution is 0.245. The van der Waals surface area contributed by atoms with Crippen LogP contribution in [0, 0.1) is 17.7 Å². The van der Waals surface area contributed by atoms with Crippen molar-refractivity contribution in [2.45, 2.75) is 25.3 Å². The molecule has 1 saturated carbocycles. The van der Waals surface area contributed by atoms with Crippen molar-refractivity contribution in [3.05, 3.63) is 70.2 Å². The van der Waals surface area contributed by atoms with Gasteiger partial charge in [0.05, 0.1) is 5.02 Å². The van der Waals surface area contributed by atoms with E-state index in [0.717, 1.165) is 37.6 Å². The van der Waals surface area contributed by atoms with Gasteiger partial charge in [-0.15, -0.1) is 0 Å². The summed E-state index contributed by atoms with van der Waals surface area (Å²) in [6.45, 7) is 3.48. The zero-order valence-corrected chi connectivity index (χ0v) is 22.6. The summed E-state index contributed by atoms with van der Waals surface area (Å²) in [5.41, 5.74) is 1.32. The average Bonchev–Trinajstić information content (AvgIpc) is 3.20. The number of piperidine rings is 1. The van der Waals surface area contributed by atoms with E-state index in [-0.39, 0.29) is 21.9 Å². The number of likely N-dealkylation sites (N-methyl/N-ethyl adjacent to an activating group) is 1. The third kappa shape index (κ3) is 4.85. The molecule has 0 radical (unpaired) electrons. The summed E-state index contributed by atoms with van der Waals surface area (Å²) in [7, 11) is 4.14. The first kappa shape index (κ1) is 25.1. The zero-order valence-electron chi connectivity index (χ0n) is 21.8. The molecule has 8 heteroatoms. The molecular formula is C30H33ClFN5O. The van der Waals surface area contributed by atoms with Gasteiger partial charge in [-0.2, -0.15) is 4.98 Å². The number of hydrogen-bond donors (Lipinski definition) is 1. The van der Waals surface area contributed by atoms with Crippen LogP contribution in [0.3, 0.4) is 0 Å². The van der Waals surface area contributed by atoms with Gasteiger partial charge in [-0.05, 0) is 75.1 Å². The quantitative estimate of drug-likeness (QED) is 0.309. The fraction of sp³-hybridized carbons (Fsp3) is 0.400. The molecule has 2 saturated heterocycles. The van der Waals surface area contributed by atoms with Crippen molar-refractivity contribution in [3.8, 4) is 0 Å². The summed E-state index contributed by atoms with van der Waals surface area (Å²) < 4.78 is 16.1. The Morgan fingerprint density at radius 2 is 1.76 bits per heavy atom. The highest BCUT2D eigenvalue weighted by atomic mass is 35.5. The molecule has 6 rings (SSSR count). The largest absolute Gasteiger partial charge is 0.508 e. The first-order chi connectivity index (χ1) is 18.4. The molecular weight excluding hydrogens is 501 g/mol. The van der Waals surface area contributed by atoms with E-state index in [1.165, 1.54) is 31.4 Å². The number of aliphatic hydroxyl groups excluding tert-OH is 1. The predicted octanol–water partition coefficient (Wildman–Crippen LogP) is 6.02. The summed E-state index contributed by atoms with van der Waals surface area (Å²) in [5.74, 6) is 2.17. The molecule has 2 aromatic carbocycles. The first-order valence-electron chi connectivity index (χ1n) is 13.4. The fourth-order valence-corrected chi connectivity index (χ4v) is 6.24. The molecule has 1 aromatic heterocycles. The van der Waals surface area contributed by atoms with Gasteiger partial charge in [0.2, 0.25) is 5.95 Å². The number of aliphatic hydroxyl groups is 1. The van der Waals surface area contributed by atoms with Gasteiger partial charge in [-0.1, -0.05) is 41.9 Å². The van der Waals surface area contributed by atoms with E-state index in [0.29, 0.717) is 29.2 Å². The van der Waals surface area contributed by atoms with Crippen LogP contribution in [0.2, 0.25) is 5.02 Å². The van der Waals surface area contributed by atoms with Gasteiger partial charge in [0.15, 0.2) is 5.82 Å². The Hall–Kier alpha value is -3.16. The number of aromatic nitrogens is 2. The minimum atomic E-state index is -0.495. The Kier molecular flexibility index (Phi) is 6.74.